The Bertz CT molecular complexity index is 1290. The van der Waals surface area contributed by atoms with Gasteiger partial charge in [-0.25, -0.2) is 17.8 Å². The number of anilines is 1. The van der Waals surface area contributed by atoms with E-state index < -0.39 is 45.3 Å². The largest absolute Gasteiger partial charge is 0.416 e. The van der Waals surface area contributed by atoms with Crippen molar-refractivity contribution in [3.63, 3.8) is 0 Å². The van der Waals surface area contributed by atoms with E-state index in [0.29, 0.717) is 5.56 Å². The molecule has 2 aromatic carbocycles. The van der Waals surface area contributed by atoms with Gasteiger partial charge in [0.1, 0.15) is 5.82 Å². The number of amides is 1. The fourth-order valence-corrected chi connectivity index (χ4v) is 5.37. The normalized spacial score (nSPS) is 19.3. The first-order chi connectivity index (χ1) is 15.9. The first-order valence-electron chi connectivity index (χ1n) is 10.2. The van der Waals surface area contributed by atoms with E-state index in [1.54, 1.807) is 7.05 Å². The molecule has 7 nitrogen and oxygen atoms in total. The van der Waals surface area contributed by atoms with Gasteiger partial charge in [-0.1, -0.05) is 12.1 Å². The summed E-state index contributed by atoms with van der Waals surface area (Å²) < 4.78 is 80.7. The zero-order chi connectivity index (χ0) is 24.7. The highest BCUT2D eigenvalue weighted by Gasteiger charge is 2.44. The highest BCUT2D eigenvalue weighted by Crippen LogP contribution is 2.37. The van der Waals surface area contributed by atoms with E-state index in [4.69, 9.17) is 0 Å². The first kappa shape index (κ1) is 23.9. The van der Waals surface area contributed by atoms with Crippen molar-refractivity contribution in [3.8, 4) is 0 Å². The maximum atomic E-state index is 13.4. The second-order valence-electron chi connectivity index (χ2n) is 8.03. The Labute approximate surface area is 193 Å². The number of hydrogen-bond donors (Lipinski definition) is 1. The molecule has 180 valence electrons. The third-order valence-corrected chi connectivity index (χ3v) is 7.40. The number of alkyl halides is 3. The van der Waals surface area contributed by atoms with Crippen molar-refractivity contribution in [3.05, 3.63) is 78.0 Å². The highest BCUT2D eigenvalue weighted by atomic mass is 32.2. The van der Waals surface area contributed by atoms with Crippen LogP contribution in [0.5, 0.6) is 0 Å². The van der Waals surface area contributed by atoms with Crippen LogP contribution >= 0.6 is 0 Å². The van der Waals surface area contributed by atoms with Gasteiger partial charge in [0.05, 0.1) is 17.8 Å². The molecule has 0 unspecified atom stereocenters. The van der Waals surface area contributed by atoms with Crippen LogP contribution in [0.3, 0.4) is 0 Å². The number of halogens is 4. The second-order valence-corrected chi connectivity index (χ2v) is 9.91. The summed E-state index contributed by atoms with van der Waals surface area (Å²) in [6.07, 6.45) is -1.82. The van der Waals surface area contributed by atoms with E-state index in [0.717, 1.165) is 28.6 Å². The number of nitrogens with one attached hydrogen (secondary N) is 1. The molecule has 4 rings (SSSR count). The predicted octanol–water partition coefficient (Wildman–Crippen LogP) is 3.62. The molecular formula is C22H20F4N4O3S. The van der Waals surface area contributed by atoms with E-state index >= 15 is 0 Å². The van der Waals surface area contributed by atoms with Crippen LogP contribution < -0.4 is 5.32 Å². The van der Waals surface area contributed by atoms with E-state index in [-0.39, 0.29) is 23.8 Å². The lowest BCUT2D eigenvalue weighted by molar-refractivity contribution is -0.137. The summed E-state index contributed by atoms with van der Waals surface area (Å²) >= 11 is 0. The van der Waals surface area contributed by atoms with Crippen LogP contribution in [-0.4, -0.2) is 41.3 Å². The van der Waals surface area contributed by atoms with Crippen LogP contribution in [0.25, 0.3) is 0 Å². The number of aromatic nitrogens is 2. The summed E-state index contributed by atoms with van der Waals surface area (Å²) in [5, 5.41) is 2.40. The number of carbonyl (C=O) groups excluding carboxylic acids is 1. The van der Waals surface area contributed by atoms with Crippen molar-refractivity contribution in [1.82, 2.24) is 13.9 Å². The molecule has 3 aromatic rings. The van der Waals surface area contributed by atoms with E-state index in [1.165, 1.54) is 41.4 Å². The Balaban J connectivity index is 1.61. The molecule has 0 radical (unpaired) electrons. The van der Waals surface area contributed by atoms with Crippen molar-refractivity contribution in [2.24, 2.45) is 13.0 Å². The molecule has 0 saturated carbocycles. The number of hydrogen-bond acceptors (Lipinski definition) is 4. The van der Waals surface area contributed by atoms with Crippen LogP contribution in [0.1, 0.15) is 17.0 Å². The number of aryl methyl sites for hydroxylation is 1. The SMILES string of the molecule is Cn1cnc(S(=O)(=O)N2C[C@@H](C(=O)Nc3ccc(C(F)(F)F)cc3)[C@H](c3ccc(F)cc3)C2)c1. The molecule has 12 heteroatoms. The van der Waals surface area contributed by atoms with Crippen LogP contribution in [0.4, 0.5) is 23.2 Å². The fraction of sp³-hybridized carbons (Fsp3) is 0.273. The summed E-state index contributed by atoms with van der Waals surface area (Å²) in [6.45, 7) is -0.219. The lowest BCUT2D eigenvalue weighted by Gasteiger charge is -2.18. The predicted molar refractivity (Wildman–Crippen MR) is 115 cm³/mol. The first-order valence-corrected chi connectivity index (χ1v) is 11.6. The van der Waals surface area contributed by atoms with Crippen molar-refractivity contribution in [2.45, 2.75) is 17.1 Å². The monoisotopic (exact) mass is 496 g/mol. The molecule has 34 heavy (non-hydrogen) atoms. The molecule has 1 aliphatic rings. The van der Waals surface area contributed by atoms with Crippen molar-refractivity contribution < 1.29 is 30.8 Å². The number of rotatable bonds is 5. The third-order valence-electron chi connectivity index (χ3n) is 5.69. The molecule has 1 aromatic heterocycles. The highest BCUT2D eigenvalue weighted by molar-refractivity contribution is 7.89. The third kappa shape index (κ3) is 4.82. The standard InChI is InChI=1S/C22H20F4N4O3S/c1-29-12-20(27-13-29)34(32,33)30-10-18(14-2-6-16(23)7-3-14)19(11-30)21(31)28-17-8-4-15(5-9-17)22(24,25)26/h2-9,12-13,18-19H,10-11H2,1H3,(H,28,31)/t18-,19+/m0/s1. The molecule has 2 heterocycles. The van der Waals surface area contributed by atoms with Crippen molar-refractivity contribution in [1.29, 1.82) is 0 Å². The summed E-state index contributed by atoms with van der Waals surface area (Å²) in [5.74, 6) is -2.52. The van der Waals surface area contributed by atoms with Gasteiger partial charge < -0.3 is 9.88 Å². The molecule has 0 spiro atoms. The Kier molecular flexibility index (Phi) is 6.21. The van der Waals surface area contributed by atoms with Gasteiger partial charge in [-0.3, -0.25) is 4.79 Å². The summed E-state index contributed by atoms with van der Waals surface area (Å²) in [4.78, 5) is 17.0. The quantitative estimate of drug-likeness (QED) is 0.547. The van der Waals surface area contributed by atoms with Gasteiger partial charge in [-0.15, -0.1) is 0 Å². The topological polar surface area (TPSA) is 84.3 Å². The molecule has 1 saturated heterocycles. The number of carbonyl (C=O) groups is 1. The molecule has 1 amide bonds. The fourth-order valence-electron chi connectivity index (χ4n) is 3.91. The minimum atomic E-state index is -4.51. The molecule has 1 fully saturated rings. The summed E-state index contributed by atoms with van der Waals surface area (Å²) in [5.41, 5.74) is -0.155. The molecule has 0 bridgehead atoms. The molecular weight excluding hydrogens is 476 g/mol. The maximum Gasteiger partial charge on any atom is 0.416 e. The van der Waals surface area contributed by atoms with Crippen molar-refractivity contribution in [2.75, 3.05) is 18.4 Å². The average molecular weight is 496 g/mol. The van der Waals surface area contributed by atoms with Crippen LogP contribution in [-0.2, 0) is 28.0 Å². The van der Waals surface area contributed by atoms with Crippen LogP contribution in [0.15, 0.2) is 66.1 Å². The maximum absolute atomic E-state index is 13.4. The zero-order valence-electron chi connectivity index (χ0n) is 17.8. The number of sulfonamides is 1. The Morgan fingerprint density at radius 1 is 1.06 bits per heavy atom. The van der Waals surface area contributed by atoms with Gasteiger partial charge >= 0.3 is 6.18 Å². The molecule has 2 atom stereocenters. The van der Waals surface area contributed by atoms with Gasteiger partial charge in [0.15, 0.2) is 5.03 Å². The zero-order valence-corrected chi connectivity index (χ0v) is 18.6. The molecule has 1 N–H and O–H groups in total. The van der Waals surface area contributed by atoms with E-state index in [1.807, 2.05) is 0 Å². The van der Waals surface area contributed by atoms with Gasteiger partial charge in [0.25, 0.3) is 10.0 Å². The lowest BCUT2D eigenvalue weighted by atomic mass is 9.88. The number of nitrogens with zero attached hydrogens (tertiary/aromatic N) is 3. The second kappa shape index (κ2) is 8.84. The molecule has 1 aliphatic heterocycles. The van der Waals surface area contributed by atoms with Crippen molar-refractivity contribution >= 4 is 21.6 Å². The van der Waals surface area contributed by atoms with Gasteiger partial charge in [0.2, 0.25) is 5.91 Å². The number of imidazole rings is 1. The Morgan fingerprint density at radius 3 is 2.26 bits per heavy atom. The summed E-state index contributed by atoms with van der Waals surface area (Å²) in [7, 11) is -2.38. The number of benzene rings is 2. The Morgan fingerprint density at radius 2 is 1.71 bits per heavy atom. The summed E-state index contributed by atoms with van der Waals surface area (Å²) in [6, 6.07) is 9.35. The Hall–Kier alpha value is -3.25. The van der Waals surface area contributed by atoms with Crippen LogP contribution in [0, 0.1) is 11.7 Å². The minimum absolute atomic E-state index is 0.0460. The average Bonchev–Trinajstić information content (AvgIpc) is 3.42. The van der Waals surface area contributed by atoms with Gasteiger partial charge in [0, 0.05) is 37.9 Å². The van der Waals surface area contributed by atoms with Crippen LogP contribution in [0.2, 0.25) is 0 Å². The van der Waals surface area contributed by atoms with E-state index in [2.05, 4.69) is 10.3 Å². The lowest BCUT2D eigenvalue weighted by Crippen LogP contribution is -2.32. The smallest absolute Gasteiger partial charge is 0.339 e. The van der Waals surface area contributed by atoms with E-state index in [9.17, 15) is 30.8 Å². The molecule has 0 aliphatic carbocycles. The van der Waals surface area contributed by atoms with Gasteiger partial charge in [-0.05, 0) is 42.0 Å². The van der Waals surface area contributed by atoms with Gasteiger partial charge in [-0.2, -0.15) is 17.5 Å². The minimum Gasteiger partial charge on any atom is -0.339 e.